The summed E-state index contributed by atoms with van der Waals surface area (Å²) in [5.41, 5.74) is -0.453. The van der Waals surface area contributed by atoms with Gasteiger partial charge in [0.05, 0.1) is 5.41 Å². The van der Waals surface area contributed by atoms with Crippen molar-refractivity contribution < 1.29 is 9.53 Å². The van der Waals surface area contributed by atoms with Gasteiger partial charge in [0, 0.05) is 5.92 Å². The Labute approximate surface area is 148 Å². The molecule has 0 aromatic carbocycles. The molecule has 0 radical (unpaired) electrons. The van der Waals surface area contributed by atoms with Crippen LogP contribution >= 0.6 is 0 Å². The van der Waals surface area contributed by atoms with Gasteiger partial charge in [0.1, 0.15) is 5.60 Å². The lowest BCUT2D eigenvalue weighted by Gasteiger charge is -2.47. The van der Waals surface area contributed by atoms with Crippen LogP contribution in [0.15, 0.2) is 0 Å². The van der Waals surface area contributed by atoms with Crippen molar-refractivity contribution in [2.45, 2.75) is 91.1 Å². The summed E-state index contributed by atoms with van der Waals surface area (Å²) in [5.74, 6) is 5.43. The fourth-order valence-electron chi connectivity index (χ4n) is 7.10. The molecule has 2 heteroatoms. The first-order valence-corrected chi connectivity index (χ1v) is 10.7. The van der Waals surface area contributed by atoms with Gasteiger partial charge >= 0.3 is 5.97 Å². The standard InChI is InChI=1S/C22H36O2/c1-5-7-10-22(24-20(23)21(3,4)6-2)13-16-12-17(22)19-15-9-8-14(11-15)18(16)19/h14-19H,5-13H2,1-4H3. The van der Waals surface area contributed by atoms with Crippen molar-refractivity contribution in [2.75, 3.05) is 0 Å². The van der Waals surface area contributed by atoms with Crippen molar-refractivity contribution in [3.05, 3.63) is 0 Å². The number of ether oxygens (including phenoxy) is 1. The zero-order valence-electron chi connectivity index (χ0n) is 16.1. The molecule has 0 amide bonds. The lowest BCUT2D eigenvalue weighted by molar-refractivity contribution is -0.184. The van der Waals surface area contributed by atoms with E-state index >= 15 is 0 Å². The summed E-state index contributed by atoms with van der Waals surface area (Å²) < 4.78 is 6.47. The van der Waals surface area contributed by atoms with Crippen LogP contribution in [-0.2, 0) is 9.53 Å². The lowest BCUT2D eigenvalue weighted by atomic mass is 9.64. The Hall–Kier alpha value is -0.530. The first-order valence-electron chi connectivity index (χ1n) is 10.7. The summed E-state index contributed by atoms with van der Waals surface area (Å²) in [6, 6.07) is 0. The molecule has 4 rings (SSSR count). The van der Waals surface area contributed by atoms with Gasteiger partial charge in [-0.1, -0.05) is 20.3 Å². The molecule has 136 valence electrons. The quantitative estimate of drug-likeness (QED) is 0.467. The average Bonchev–Trinajstić information content (AvgIpc) is 3.30. The number of unbranched alkanes of at least 4 members (excludes halogenated alkanes) is 1. The number of carbonyl (C=O) groups excluding carboxylic acids is 1. The van der Waals surface area contributed by atoms with Crippen LogP contribution in [0, 0.1) is 40.9 Å². The summed E-state index contributed by atoms with van der Waals surface area (Å²) in [5, 5.41) is 0. The fraction of sp³-hybridized carbons (Fsp3) is 0.955. The van der Waals surface area contributed by atoms with Crippen LogP contribution in [0.4, 0.5) is 0 Å². The monoisotopic (exact) mass is 332 g/mol. The molecule has 0 spiro atoms. The van der Waals surface area contributed by atoms with Crippen molar-refractivity contribution in [3.63, 3.8) is 0 Å². The van der Waals surface area contributed by atoms with Crippen molar-refractivity contribution in [2.24, 2.45) is 40.9 Å². The SMILES string of the molecule is CCCCC1(OC(=O)C(C)(C)CC)CC2CC1C1C3CCC(C3)C21. The van der Waals surface area contributed by atoms with Gasteiger partial charge in [0.2, 0.25) is 0 Å². The molecule has 7 atom stereocenters. The third-order valence-electron chi connectivity index (χ3n) is 8.58. The summed E-state index contributed by atoms with van der Waals surface area (Å²) in [4.78, 5) is 12.9. The number of rotatable bonds is 6. The fourth-order valence-corrected chi connectivity index (χ4v) is 7.10. The molecule has 24 heavy (non-hydrogen) atoms. The Morgan fingerprint density at radius 1 is 1.08 bits per heavy atom. The van der Waals surface area contributed by atoms with E-state index in [-0.39, 0.29) is 17.0 Å². The Bertz CT molecular complexity index is 510. The van der Waals surface area contributed by atoms with Gasteiger partial charge in [-0.25, -0.2) is 0 Å². The second-order valence-electron chi connectivity index (χ2n) is 10.1. The minimum Gasteiger partial charge on any atom is -0.458 e. The van der Waals surface area contributed by atoms with Gasteiger partial charge in [-0.3, -0.25) is 4.79 Å². The van der Waals surface area contributed by atoms with E-state index in [1.54, 1.807) is 0 Å². The molecule has 0 aromatic rings. The Kier molecular flexibility index (Phi) is 4.05. The molecule has 0 N–H and O–H groups in total. The Morgan fingerprint density at radius 2 is 1.79 bits per heavy atom. The van der Waals surface area contributed by atoms with Crippen LogP contribution in [-0.4, -0.2) is 11.6 Å². The normalized spacial score (nSPS) is 45.7. The highest BCUT2D eigenvalue weighted by Gasteiger charge is 2.68. The molecule has 4 aliphatic rings. The molecule has 4 aliphatic carbocycles. The van der Waals surface area contributed by atoms with Crippen LogP contribution in [0.25, 0.3) is 0 Å². The van der Waals surface area contributed by atoms with Gasteiger partial charge < -0.3 is 4.74 Å². The van der Waals surface area contributed by atoms with E-state index in [0.717, 1.165) is 42.4 Å². The number of carbonyl (C=O) groups is 1. The van der Waals surface area contributed by atoms with E-state index in [9.17, 15) is 4.79 Å². The van der Waals surface area contributed by atoms with Crippen LogP contribution < -0.4 is 0 Å². The number of fused-ring (bicyclic) bond motifs is 9. The minimum absolute atomic E-state index is 0.0633. The first-order chi connectivity index (χ1) is 11.4. The van der Waals surface area contributed by atoms with Gasteiger partial charge in [-0.15, -0.1) is 0 Å². The maximum atomic E-state index is 12.9. The highest BCUT2D eigenvalue weighted by Crippen LogP contribution is 2.71. The van der Waals surface area contributed by atoms with E-state index in [0.29, 0.717) is 5.92 Å². The maximum Gasteiger partial charge on any atom is 0.312 e. The Morgan fingerprint density at radius 3 is 2.46 bits per heavy atom. The number of hydrogen-bond acceptors (Lipinski definition) is 2. The predicted octanol–water partition coefficient (Wildman–Crippen LogP) is 5.60. The largest absolute Gasteiger partial charge is 0.458 e. The average molecular weight is 333 g/mol. The maximum absolute atomic E-state index is 12.9. The Balaban J connectivity index is 1.58. The highest BCUT2D eigenvalue weighted by atomic mass is 16.6. The first kappa shape index (κ1) is 16.9. The topological polar surface area (TPSA) is 26.3 Å². The van der Waals surface area contributed by atoms with Crippen LogP contribution in [0.1, 0.15) is 85.5 Å². The molecular weight excluding hydrogens is 296 g/mol. The lowest BCUT2D eigenvalue weighted by Crippen LogP contribution is -2.49. The molecular formula is C22H36O2. The molecule has 0 aliphatic heterocycles. The van der Waals surface area contributed by atoms with Crippen LogP contribution in [0.5, 0.6) is 0 Å². The summed E-state index contributed by atoms with van der Waals surface area (Å²) in [6.07, 6.45) is 11.3. The van der Waals surface area contributed by atoms with Crippen molar-refractivity contribution in [1.82, 2.24) is 0 Å². The molecule has 0 heterocycles. The second kappa shape index (κ2) is 5.74. The predicted molar refractivity (Wildman–Crippen MR) is 96.4 cm³/mol. The van der Waals surface area contributed by atoms with E-state index in [4.69, 9.17) is 4.74 Å². The van der Waals surface area contributed by atoms with Crippen molar-refractivity contribution in [1.29, 1.82) is 0 Å². The van der Waals surface area contributed by atoms with Gasteiger partial charge in [-0.2, -0.15) is 0 Å². The number of hydrogen-bond donors (Lipinski definition) is 0. The van der Waals surface area contributed by atoms with E-state index in [1.165, 1.54) is 44.9 Å². The van der Waals surface area contributed by atoms with E-state index in [2.05, 4.69) is 27.7 Å². The van der Waals surface area contributed by atoms with Crippen molar-refractivity contribution in [3.8, 4) is 0 Å². The summed E-state index contributed by atoms with van der Waals surface area (Å²) >= 11 is 0. The van der Waals surface area contributed by atoms with E-state index in [1.807, 2.05) is 0 Å². The van der Waals surface area contributed by atoms with Crippen molar-refractivity contribution >= 4 is 5.97 Å². The smallest absolute Gasteiger partial charge is 0.312 e. The van der Waals surface area contributed by atoms with Gasteiger partial charge in [-0.05, 0) is 94.8 Å². The summed E-state index contributed by atoms with van der Waals surface area (Å²) in [7, 11) is 0. The third-order valence-corrected chi connectivity index (χ3v) is 8.58. The molecule has 0 aromatic heterocycles. The van der Waals surface area contributed by atoms with Crippen LogP contribution in [0.3, 0.4) is 0 Å². The zero-order valence-corrected chi connectivity index (χ0v) is 16.1. The second-order valence-corrected chi connectivity index (χ2v) is 10.1. The van der Waals surface area contributed by atoms with Crippen LogP contribution in [0.2, 0.25) is 0 Å². The van der Waals surface area contributed by atoms with Gasteiger partial charge in [0.15, 0.2) is 0 Å². The molecule has 2 nitrogen and oxygen atoms in total. The molecule has 4 fully saturated rings. The zero-order chi connectivity index (χ0) is 17.1. The molecule has 7 unspecified atom stereocenters. The molecule has 0 saturated heterocycles. The highest BCUT2D eigenvalue weighted by molar-refractivity contribution is 5.76. The summed E-state index contributed by atoms with van der Waals surface area (Å²) in [6.45, 7) is 8.47. The third kappa shape index (κ3) is 2.31. The van der Waals surface area contributed by atoms with Gasteiger partial charge in [0.25, 0.3) is 0 Å². The van der Waals surface area contributed by atoms with E-state index < -0.39 is 0 Å². The molecule has 4 bridgehead atoms. The molecule has 4 saturated carbocycles. The number of esters is 1. The minimum atomic E-state index is -0.338.